The highest BCUT2D eigenvalue weighted by atomic mass is 16.1. The van der Waals surface area contributed by atoms with Gasteiger partial charge in [0.25, 0.3) is 5.91 Å². The molecule has 144 valence electrons. The van der Waals surface area contributed by atoms with Crippen LogP contribution in [0.2, 0.25) is 0 Å². The number of aromatic nitrogens is 2. The van der Waals surface area contributed by atoms with Crippen molar-refractivity contribution in [1.29, 1.82) is 0 Å². The van der Waals surface area contributed by atoms with Crippen molar-refractivity contribution >= 4 is 28.9 Å². The minimum atomic E-state index is -0.232. The monoisotopic (exact) mass is 375 g/mol. The second kappa shape index (κ2) is 8.99. The fourth-order valence-corrected chi connectivity index (χ4v) is 2.93. The van der Waals surface area contributed by atoms with Crippen LogP contribution in [0.5, 0.6) is 0 Å². The number of carbonyl (C=O) groups excluding carboxylic acids is 1. The number of nitrogens with one attached hydrogen (secondary N) is 2. The molecule has 3 rings (SSSR count). The first kappa shape index (κ1) is 19.4. The van der Waals surface area contributed by atoms with Crippen molar-refractivity contribution in [2.24, 2.45) is 0 Å². The molecule has 0 unspecified atom stereocenters. The molecule has 3 aromatic rings. The average Bonchev–Trinajstić information content (AvgIpc) is 2.72. The summed E-state index contributed by atoms with van der Waals surface area (Å²) in [5.41, 5.74) is 4.25. The molecule has 0 fully saturated rings. The molecule has 0 aliphatic heterocycles. The number of rotatable bonds is 7. The number of hydrogen-bond donors (Lipinski definition) is 2. The van der Waals surface area contributed by atoms with Gasteiger partial charge in [-0.05, 0) is 56.7 Å². The number of aryl methyl sites for hydroxylation is 1. The average molecular weight is 375 g/mol. The van der Waals surface area contributed by atoms with E-state index in [0.29, 0.717) is 11.5 Å². The molecule has 0 saturated heterocycles. The molecule has 6 heteroatoms. The van der Waals surface area contributed by atoms with Crippen LogP contribution in [0.25, 0.3) is 0 Å². The Bertz CT molecular complexity index is 921. The number of para-hydroxylation sites is 1. The summed E-state index contributed by atoms with van der Waals surface area (Å²) in [5.74, 6) is 0.215. The molecule has 0 spiro atoms. The Hall–Kier alpha value is -3.41. The molecule has 0 aliphatic rings. The van der Waals surface area contributed by atoms with Gasteiger partial charge in [-0.1, -0.05) is 18.2 Å². The van der Waals surface area contributed by atoms with Gasteiger partial charge in [0.15, 0.2) is 0 Å². The van der Waals surface area contributed by atoms with E-state index >= 15 is 0 Å². The highest BCUT2D eigenvalue weighted by Gasteiger charge is 2.11. The van der Waals surface area contributed by atoms with Gasteiger partial charge in [0.2, 0.25) is 5.95 Å². The molecule has 1 aromatic heterocycles. The summed E-state index contributed by atoms with van der Waals surface area (Å²) < 4.78 is 0. The van der Waals surface area contributed by atoms with Gasteiger partial charge in [0, 0.05) is 42.5 Å². The van der Waals surface area contributed by atoms with Crippen molar-refractivity contribution in [3.63, 3.8) is 0 Å². The zero-order chi connectivity index (χ0) is 19.9. The van der Waals surface area contributed by atoms with Crippen LogP contribution in [-0.4, -0.2) is 29.0 Å². The van der Waals surface area contributed by atoms with Gasteiger partial charge < -0.3 is 15.5 Å². The molecular weight excluding hydrogens is 350 g/mol. The molecular formula is C22H25N5O. The summed E-state index contributed by atoms with van der Waals surface area (Å²) in [5, 5.41) is 6.04. The number of anilines is 4. The topological polar surface area (TPSA) is 70.2 Å². The van der Waals surface area contributed by atoms with Crippen molar-refractivity contribution in [3.05, 3.63) is 72.1 Å². The molecule has 0 bridgehead atoms. The molecule has 28 heavy (non-hydrogen) atoms. The van der Waals surface area contributed by atoms with Gasteiger partial charge in [-0.2, -0.15) is 0 Å². The first-order chi connectivity index (χ1) is 13.6. The maximum atomic E-state index is 12.5. The first-order valence-electron chi connectivity index (χ1n) is 9.41. The minimum Gasteiger partial charge on any atom is -0.372 e. The van der Waals surface area contributed by atoms with Gasteiger partial charge in [0.05, 0.1) is 5.56 Å². The number of amides is 1. The zero-order valence-corrected chi connectivity index (χ0v) is 16.4. The second-order valence-corrected chi connectivity index (χ2v) is 6.41. The number of hydrogen-bond acceptors (Lipinski definition) is 5. The Labute approximate surface area is 165 Å². The van der Waals surface area contributed by atoms with Crippen LogP contribution in [0, 0.1) is 6.92 Å². The van der Waals surface area contributed by atoms with E-state index in [-0.39, 0.29) is 5.91 Å². The summed E-state index contributed by atoms with van der Waals surface area (Å²) in [6, 6.07) is 15.7. The molecule has 2 N–H and O–H groups in total. The molecule has 0 radical (unpaired) electrons. The highest BCUT2D eigenvalue weighted by molar-refractivity contribution is 6.04. The van der Waals surface area contributed by atoms with Crippen LogP contribution in [0.15, 0.2) is 60.9 Å². The molecule has 0 aliphatic carbocycles. The maximum absolute atomic E-state index is 12.5. The Kier molecular flexibility index (Phi) is 6.22. The Morgan fingerprint density at radius 2 is 1.68 bits per heavy atom. The predicted molar refractivity (Wildman–Crippen MR) is 114 cm³/mol. The summed E-state index contributed by atoms with van der Waals surface area (Å²) in [6.07, 6.45) is 3.04. The van der Waals surface area contributed by atoms with Crippen LogP contribution < -0.4 is 15.5 Å². The molecule has 0 saturated carbocycles. The molecule has 0 atom stereocenters. The maximum Gasteiger partial charge on any atom is 0.258 e. The van der Waals surface area contributed by atoms with Gasteiger partial charge in [-0.3, -0.25) is 4.79 Å². The Morgan fingerprint density at radius 3 is 2.29 bits per heavy atom. The van der Waals surface area contributed by atoms with Crippen LogP contribution in [0.4, 0.5) is 23.0 Å². The van der Waals surface area contributed by atoms with Crippen LogP contribution in [-0.2, 0) is 0 Å². The number of benzene rings is 2. The summed E-state index contributed by atoms with van der Waals surface area (Å²) >= 11 is 0. The van der Waals surface area contributed by atoms with Crippen molar-refractivity contribution in [3.8, 4) is 0 Å². The Balaban J connectivity index is 1.67. The fourth-order valence-electron chi connectivity index (χ4n) is 2.93. The lowest BCUT2D eigenvalue weighted by molar-refractivity contribution is 0.102. The number of carbonyl (C=O) groups is 1. The third kappa shape index (κ3) is 4.65. The van der Waals surface area contributed by atoms with Crippen molar-refractivity contribution in [1.82, 2.24) is 9.97 Å². The van der Waals surface area contributed by atoms with Gasteiger partial charge >= 0.3 is 0 Å². The summed E-state index contributed by atoms with van der Waals surface area (Å²) in [6.45, 7) is 8.15. The fraction of sp³-hybridized carbons (Fsp3) is 0.227. The lowest BCUT2D eigenvalue weighted by Crippen LogP contribution is -2.22. The molecule has 2 aromatic carbocycles. The quantitative estimate of drug-likeness (QED) is 0.630. The smallest absolute Gasteiger partial charge is 0.258 e. The lowest BCUT2D eigenvalue weighted by atomic mass is 10.1. The van der Waals surface area contributed by atoms with Crippen LogP contribution in [0.3, 0.4) is 0 Å². The van der Waals surface area contributed by atoms with E-state index in [4.69, 9.17) is 0 Å². The standard InChI is InChI=1S/C22H25N5O/c1-4-27(5-2)19-11-12-20(16(3)13-19)26-21(28)17-14-23-22(24-15-17)25-18-9-7-6-8-10-18/h6-15H,4-5H2,1-3H3,(H,26,28)(H,23,24,25). The lowest BCUT2D eigenvalue weighted by Gasteiger charge is -2.22. The largest absolute Gasteiger partial charge is 0.372 e. The van der Waals surface area contributed by atoms with Crippen LogP contribution in [0.1, 0.15) is 29.8 Å². The van der Waals surface area contributed by atoms with Crippen molar-refractivity contribution < 1.29 is 4.79 Å². The number of nitrogens with zero attached hydrogens (tertiary/aromatic N) is 3. The van der Waals surface area contributed by atoms with E-state index in [9.17, 15) is 4.79 Å². The van der Waals surface area contributed by atoms with E-state index in [1.165, 1.54) is 12.4 Å². The SMILES string of the molecule is CCN(CC)c1ccc(NC(=O)c2cnc(Nc3ccccc3)nc2)c(C)c1. The molecule has 1 amide bonds. The predicted octanol–water partition coefficient (Wildman–Crippen LogP) is 4.63. The molecule has 1 heterocycles. The van der Waals surface area contributed by atoms with Gasteiger partial charge in [-0.15, -0.1) is 0 Å². The van der Waals surface area contributed by atoms with E-state index in [1.54, 1.807) is 0 Å². The van der Waals surface area contributed by atoms with Crippen LogP contribution >= 0.6 is 0 Å². The summed E-state index contributed by atoms with van der Waals surface area (Å²) in [7, 11) is 0. The minimum absolute atomic E-state index is 0.232. The van der Waals surface area contributed by atoms with E-state index in [2.05, 4.69) is 45.4 Å². The zero-order valence-electron chi connectivity index (χ0n) is 16.4. The van der Waals surface area contributed by atoms with Crippen molar-refractivity contribution in [2.45, 2.75) is 20.8 Å². The van der Waals surface area contributed by atoms with Gasteiger partial charge in [0.1, 0.15) is 0 Å². The second-order valence-electron chi connectivity index (χ2n) is 6.41. The first-order valence-corrected chi connectivity index (χ1v) is 9.41. The molecule has 6 nitrogen and oxygen atoms in total. The van der Waals surface area contributed by atoms with E-state index in [0.717, 1.165) is 35.7 Å². The van der Waals surface area contributed by atoms with E-state index in [1.807, 2.05) is 49.4 Å². The normalized spacial score (nSPS) is 10.4. The summed E-state index contributed by atoms with van der Waals surface area (Å²) in [4.78, 5) is 23.3. The van der Waals surface area contributed by atoms with Gasteiger partial charge in [-0.25, -0.2) is 9.97 Å². The highest BCUT2D eigenvalue weighted by Crippen LogP contribution is 2.23. The third-order valence-corrected chi connectivity index (χ3v) is 4.53. The van der Waals surface area contributed by atoms with E-state index < -0.39 is 0 Å². The Morgan fingerprint density at radius 1 is 1.00 bits per heavy atom. The third-order valence-electron chi connectivity index (χ3n) is 4.53. The van der Waals surface area contributed by atoms with Crippen molar-refractivity contribution in [2.75, 3.05) is 28.6 Å².